The summed E-state index contributed by atoms with van der Waals surface area (Å²) in [4.78, 5) is 11.7. The molecule has 5 heteroatoms. The first kappa shape index (κ1) is 14.3. The Bertz CT molecular complexity index is 394. The van der Waals surface area contributed by atoms with Crippen molar-refractivity contribution >= 4 is 29.9 Å². The number of hydrogen-bond donors (Lipinski definition) is 2. The Morgan fingerprint density at radius 3 is 2.76 bits per heavy atom. The largest absolute Gasteiger partial charge is 0.349 e. The number of benzene rings is 1. The van der Waals surface area contributed by atoms with Gasteiger partial charge in [-0.05, 0) is 24.6 Å². The fourth-order valence-electron chi connectivity index (χ4n) is 1.66. The number of rotatable bonds is 3. The van der Waals surface area contributed by atoms with E-state index < -0.39 is 0 Å². The molecular formula is C12H16Cl2N2O. The number of hydrogen-bond acceptors (Lipinski definition) is 2. The van der Waals surface area contributed by atoms with Crippen LogP contribution >= 0.6 is 24.0 Å². The van der Waals surface area contributed by atoms with E-state index in [0.717, 1.165) is 18.7 Å². The fraction of sp³-hybridized carbons (Fsp3) is 0.417. The van der Waals surface area contributed by atoms with E-state index in [4.69, 9.17) is 11.6 Å². The molecule has 94 valence electrons. The molecular weight excluding hydrogens is 259 g/mol. The van der Waals surface area contributed by atoms with Crippen LogP contribution in [0.2, 0.25) is 5.02 Å². The van der Waals surface area contributed by atoms with Crippen molar-refractivity contribution in [3.05, 3.63) is 34.9 Å². The molecule has 1 aromatic carbocycles. The Morgan fingerprint density at radius 1 is 1.53 bits per heavy atom. The summed E-state index contributed by atoms with van der Waals surface area (Å²) in [5, 5.41) is 6.77. The molecule has 2 rings (SSSR count). The minimum absolute atomic E-state index is 0. The maximum Gasteiger partial charge on any atom is 0.226 e. The SMILES string of the molecule is CC(NC(=O)C1CNC1)c1cccc(Cl)c1.Cl. The monoisotopic (exact) mass is 274 g/mol. The molecule has 0 spiro atoms. The number of halogens is 2. The van der Waals surface area contributed by atoms with Crippen LogP contribution < -0.4 is 10.6 Å². The molecule has 1 aliphatic heterocycles. The molecule has 0 aromatic heterocycles. The summed E-state index contributed by atoms with van der Waals surface area (Å²) in [5.74, 6) is 0.243. The third kappa shape index (κ3) is 3.60. The van der Waals surface area contributed by atoms with Gasteiger partial charge in [-0.25, -0.2) is 0 Å². The minimum atomic E-state index is 0. The van der Waals surface area contributed by atoms with Crippen LogP contribution in [0.1, 0.15) is 18.5 Å². The van der Waals surface area contributed by atoms with Gasteiger partial charge in [0.2, 0.25) is 5.91 Å². The average Bonchev–Trinajstić information content (AvgIpc) is 2.14. The zero-order valence-electron chi connectivity index (χ0n) is 9.57. The van der Waals surface area contributed by atoms with Gasteiger partial charge in [-0.15, -0.1) is 12.4 Å². The molecule has 0 bridgehead atoms. The van der Waals surface area contributed by atoms with E-state index >= 15 is 0 Å². The van der Waals surface area contributed by atoms with E-state index in [-0.39, 0.29) is 30.3 Å². The van der Waals surface area contributed by atoms with Crippen molar-refractivity contribution in [3.63, 3.8) is 0 Å². The molecule has 0 aliphatic carbocycles. The lowest BCUT2D eigenvalue weighted by Crippen LogP contribution is -2.51. The maximum atomic E-state index is 11.7. The van der Waals surface area contributed by atoms with E-state index in [0.29, 0.717) is 5.02 Å². The summed E-state index contributed by atoms with van der Waals surface area (Å²) >= 11 is 5.90. The summed E-state index contributed by atoms with van der Waals surface area (Å²) in [6, 6.07) is 7.58. The van der Waals surface area contributed by atoms with Crippen molar-refractivity contribution in [2.75, 3.05) is 13.1 Å². The lowest BCUT2D eigenvalue weighted by Gasteiger charge is -2.27. The highest BCUT2D eigenvalue weighted by Gasteiger charge is 2.25. The molecule has 2 N–H and O–H groups in total. The Morgan fingerprint density at radius 2 is 2.24 bits per heavy atom. The Kier molecular flexibility index (Phi) is 5.25. The molecule has 1 fully saturated rings. The highest BCUT2D eigenvalue weighted by atomic mass is 35.5. The third-order valence-electron chi connectivity index (χ3n) is 2.86. The first-order chi connectivity index (χ1) is 7.66. The smallest absolute Gasteiger partial charge is 0.226 e. The first-order valence-electron chi connectivity index (χ1n) is 5.43. The Balaban J connectivity index is 0.00000144. The lowest BCUT2D eigenvalue weighted by atomic mass is 10.0. The van der Waals surface area contributed by atoms with E-state index in [2.05, 4.69) is 10.6 Å². The van der Waals surface area contributed by atoms with Crippen LogP contribution in [0, 0.1) is 5.92 Å². The predicted octanol–water partition coefficient (Wildman–Crippen LogP) is 2.16. The van der Waals surface area contributed by atoms with Gasteiger partial charge in [0.1, 0.15) is 0 Å². The molecule has 0 saturated carbocycles. The normalized spacial score (nSPS) is 16.6. The van der Waals surface area contributed by atoms with Gasteiger partial charge in [-0.1, -0.05) is 23.7 Å². The summed E-state index contributed by atoms with van der Waals surface area (Å²) < 4.78 is 0. The van der Waals surface area contributed by atoms with Crippen molar-refractivity contribution in [2.24, 2.45) is 5.92 Å². The second-order valence-electron chi connectivity index (χ2n) is 4.14. The van der Waals surface area contributed by atoms with E-state index in [1.54, 1.807) is 0 Å². The van der Waals surface area contributed by atoms with Crippen molar-refractivity contribution in [2.45, 2.75) is 13.0 Å². The maximum absolute atomic E-state index is 11.7. The summed E-state index contributed by atoms with van der Waals surface area (Å²) in [6.07, 6.45) is 0. The zero-order chi connectivity index (χ0) is 11.5. The van der Waals surface area contributed by atoms with Gasteiger partial charge < -0.3 is 10.6 Å². The van der Waals surface area contributed by atoms with Gasteiger partial charge in [0.25, 0.3) is 0 Å². The number of nitrogens with one attached hydrogen (secondary N) is 2. The molecule has 1 amide bonds. The van der Waals surface area contributed by atoms with Crippen LogP contribution in [0.25, 0.3) is 0 Å². The van der Waals surface area contributed by atoms with Gasteiger partial charge in [-0.3, -0.25) is 4.79 Å². The average molecular weight is 275 g/mol. The molecule has 17 heavy (non-hydrogen) atoms. The molecule has 1 aromatic rings. The van der Waals surface area contributed by atoms with Crippen LogP contribution in [0.15, 0.2) is 24.3 Å². The van der Waals surface area contributed by atoms with Gasteiger partial charge in [0, 0.05) is 18.1 Å². The van der Waals surface area contributed by atoms with Crippen LogP contribution in [0.5, 0.6) is 0 Å². The van der Waals surface area contributed by atoms with E-state index in [1.807, 2.05) is 31.2 Å². The van der Waals surface area contributed by atoms with E-state index in [9.17, 15) is 4.79 Å². The quantitative estimate of drug-likeness (QED) is 0.887. The summed E-state index contributed by atoms with van der Waals surface area (Å²) in [6.45, 7) is 3.54. The van der Waals surface area contributed by atoms with Crippen LogP contribution in [0.3, 0.4) is 0 Å². The first-order valence-corrected chi connectivity index (χ1v) is 5.81. The second-order valence-corrected chi connectivity index (χ2v) is 4.58. The van der Waals surface area contributed by atoms with Gasteiger partial charge >= 0.3 is 0 Å². The van der Waals surface area contributed by atoms with Gasteiger partial charge in [-0.2, -0.15) is 0 Å². The zero-order valence-corrected chi connectivity index (χ0v) is 11.1. The van der Waals surface area contributed by atoms with Crippen molar-refractivity contribution in [1.82, 2.24) is 10.6 Å². The van der Waals surface area contributed by atoms with Crippen molar-refractivity contribution < 1.29 is 4.79 Å². The number of amides is 1. The lowest BCUT2D eigenvalue weighted by molar-refractivity contribution is -0.127. The summed E-state index contributed by atoms with van der Waals surface area (Å²) in [7, 11) is 0. The predicted molar refractivity (Wildman–Crippen MR) is 71.6 cm³/mol. The molecule has 1 unspecified atom stereocenters. The van der Waals surface area contributed by atoms with Gasteiger partial charge in [0.15, 0.2) is 0 Å². The molecule has 1 saturated heterocycles. The molecule has 0 radical (unpaired) electrons. The minimum Gasteiger partial charge on any atom is -0.349 e. The number of carbonyl (C=O) groups is 1. The molecule has 1 heterocycles. The highest BCUT2D eigenvalue weighted by molar-refractivity contribution is 6.30. The molecule has 3 nitrogen and oxygen atoms in total. The third-order valence-corrected chi connectivity index (χ3v) is 3.09. The Labute approximate surface area is 112 Å². The fourth-order valence-corrected chi connectivity index (χ4v) is 1.86. The van der Waals surface area contributed by atoms with Crippen LogP contribution in [0.4, 0.5) is 0 Å². The molecule has 1 aliphatic rings. The highest BCUT2D eigenvalue weighted by Crippen LogP contribution is 2.18. The second kappa shape index (κ2) is 6.24. The van der Waals surface area contributed by atoms with Crippen LogP contribution in [-0.4, -0.2) is 19.0 Å². The van der Waals surface area contributed by atoms with E-state index in [1.165, 1.54) is 0 Å². The summed E-state index contributed by atoms with van der Waals surface area (Å²) in [5.41, 5.74) is 1.04. The van der Waals surface area contributed by atoms with Crippen molar-refractivity contribution in [3.8, 4) is 0 Å². The Hall–Kier alpha value is -0.770. The molecule has 1 atom stereocenters. The number of carbonyl (C=O) groups excluding carboxylic acids is 1. The standard InChI is InChI=1S/C12H15ClN2O.ClH/c1-8(9-3-2-4-11(13)5-9)15-12(16)10-6-14-7-10;/h2-5,8,10,14H,6-7H2,1H3,(H,15,16);1H. The van der Waals surface area contributed by atoms with Crippen LogP contribution in [-0.2, 0) is 4.79 Å². The topological polar surface area (TPSA) is 41.1 Å². The van der Waals surface area contributed by atoms with Crippen molar-refractivity contribution in [1.29, 1.82) is 0 Å². The van der Waals surface area contributed by atoms with Gasteiger partial charge in [0.05, 0.1) is 12.0 Å².